The molecule has 6 nitrogen and oxygen atoms in total. The number of aldehydes is 1. The van der Waals surface area contributed by atoms with Crippen LogP contribution in [-0.2, 0) is 10.2 Å². The van der Waals surface area contributed by atoms with E-state index in [1.54, 1.807) is 6.92 Å². The molecule has 1 heterocycles. The lowest BCUT2D eigenvalue weighted by molar-refractivity contribution is 0.0519. The fourth-order valence-electron chi connectivity index (χ4n) is 1.71. The van der Waals surface area contributed by atoms with Crippen LogP contribution < -0.4 is 5.73 Å². The molecule has 0 aliphatic rings. The highest BCUT2D eigenvalue weighted by atomic mass is 16.5. The van der Waals surface area contributed by atoms with Gasteiger partial charge in [0.05, 0.1) is 6.61 Å². The van der Waals surface area contributed by atoms with E-state index in [0.29, 0.717) is 12.4 Å². The largest absolute Gasteiger partial charge is 0.461 e. The molecule has 2 aromatic rings. The number of carbonyl (C=O) groups excluding carboxylic acids is 2. The van der Waals surface area contributed by atoms with E-state index in [-0.39, 0.29) is 11.1 Å². The van der Waals surface area contributed by atoms with Crippen LogP contribution in [0.3, 0.4) is 0 Å². The minimum atomic E-state index is -0.458. The second-order valence-electron chi connectivity index (χ2n) is 5.92. The number of ether oxygens (including phenoxy) is 1. The van der Waals surface area contributed by atoms with E-state index in [9.17, 15) is 9.59 Å². The Morgan fingerprint density at radius 2 is 1.91 bits per heavy atom. The molecule has 3 N–H and O–H groups in total. The molecule has 1 aromatic carbocycles. The van der Waals surface area contributed by atoms with Crippen molar-refractivity contribution in [3.8, 4) is 0 Å². The van der Waals surface area contributed by atoms with Crippen molar-refractivity contribution in [2.24, 2.45) is 0 Å². The summed E-state index contributed by atoms with van der Waals surface area (Å²) in [5, 5.41) is 6.04. The zero-order chi connectivity index (χ0) is 17.5. The molecule has 0 saturated carbocycles. The molecule has 0 amide bonds. The SMILES string of the molecule is CC(C)(C)c1ccc(C=O)cc1.CCOC(=O)c1cc(N)[nH]n1. The van der Waals surface area contributed by atoms with Crippen LogP contribution in [0.4, 0.5) is 5.82 Å². The van der Waals surface area contributed by atoms with Crippen molar-refractivity contribution in [3.63, 3.8) is 0 Å². The Morgan fingerprint density at radius 3 is 2.30 bits per heavy atom. The van der Waals surface area contributed by atoms with Gasteiger partial charge in [0, 0.05) is 11.6 Å². The van der Waals surface area contributed by atoms with Crippen LogP contribution in [-0.4, -0.2) is 29.1 Å². The highest BCUT2D eigenvalue weighted by molar-refractivity contribution is 5.87. The van der Waals surface area contributed by atoms with E-state index >= 15 is 0 Å². The van der Waals surface area contributed by atoms with E-state index in [4.69, 9.17) is 5.73 Å². The van der Waals surface area contributed by atoms with Gasteiger partial charge in [-0.25, -0.2) is 4.79 Å². The summed E-state index contributed by atoms with van der Waals surface area (Å²) < 4.78 is 4.66. The second kappa shape index (κ2) is 8.12. The van der Waals surface area contributed by atoms with Crippen LogP contribution in [0.1, 0.15) is 54.1 Å². The predicted molar refractivity (Wildman–Crippen MR) is 89.5 cm³/mol. The molecule has 0 atom stereocenters. The second-order valence-corrected chi connectivity index (χ2v) is 5.92. The molecule has 0 saturated heterocycles. The van der Waals surface area contributed by atoms with E-state index in [0.717, 1.165) is 11.8 Å². The average Bonchev–Trinajstić information content (AvgIpc) is 2.94. The Morgan fingerprint density at radius 1 is 1.30 bits per heavy atom. The van der Waals surface area contributed by atoms with Gasteiger partial charge in [0.25, 0.3) is 0 Å². The van der Waals surface area contributed by atoms with Gasteiger partial charge in [-0.15, -0.1) is 0 Å². The van der Waals surface area contributed by atoms with Crippen LogP contribution in [0.2, 0.25) is 0 Å². The molecular formula is C17H23N3O3. The number of benzene rings is 1. The van der Waals surface area contributed by atoms with Gasteiger partial charge in [-0.2, -0.15) is 5.10 Å². The molecule has 6 heteroatoms. The molecule has 23 heavy (non-hydrogen) atoms. The number of esters is 1. The van der Waals surface area contributed by atoms with Crippen LogP contribution in [0, 0.1) is 0 Å². The fourth-order valence-corrected chi connectivity index (χ4v) is 1.71. The molecule has 0 bridgehead atoms. The summed E-state index contributed by atoms with van der Waals surface area (Å²) in [6.45, 7) is 8.54. The van der Waals surface area contributed by atoms with Crippen molar-refractivity contribution < 1.29 is 14.3 Å². The van der Waals surface area contributed by atoms with Gasteiger partial charge in [-0.1, -0.05) is 45.0 Å². The number of nitrogens with two attached hydrogens (primary N) is 1. The lowest BCUT2D eigenvalue weighted by Gasteiger charge is -2.18. The number of nitrogen functional groups attached to an aromatic ring is 1. The summed E-state index contributed by atoms with van der Waals surface area (Å²) in [5.74, 6) is -0.103. The molecule has 0 aliphatic heterocycles. The number of anilines is 1. The number of H-pyrrole nitrogens is 1. The number of aromatic amines is 1. The Balaban J connectivity index is 0.000000231. The number of nitrogens with one attached hydrogen (secondary N) is 1. The summed E-state index contributed by atoms with van der Waals surface area (Å²) in [7, 11) is 0. The third-order valence-corrected chi connectivity index (χ3v) is 3.00. The zero-order valence-electron chi connectivity index (χ0n) is 13.9. The van der Waals surface area contributed by atoms with Crippen molar-refractivity contribution in [2.75, 3.05) is 12.3 Å². The van der Waals surface area contributed by atoms with E-state index in [2.05, 4.69) is 35.7 Å². The van der Waals surface area contributed by atoms with E-state index in [1.165, 1.54) is 11.6 Å². The third kappa shape index (κ3) is 5.94. The minimum Gasteiger partial charge on any atom is -0.461 e. The first-order valence-electron chi connectivity index (χ1n) is 7.31. The van der Waals surface area contributed by atoms with Gasteiger partial charge < -0.3 is 10.5 Å². The zero-order valence-corrected chi connectivity index (χ0v) is 13.9. The Hall–Kier alpha value is -2.63. The maximum Gasteiger partial charge on any atom is 0.358 e. The van der Waals surface area contributed by atoms with Crippen molar-refractivity contribution in [2.45, 2.75) is 33.1 Å². The van der Waals surface area contributed by atoms with Gasteiger partial charge >= 0.3 is 5.97 Å². The topological polar surface area (TPSA) is 98.1 Å². The molecule has 0 aliphatic carbocycles. The maximum atomic E-state index is 10.9. The van der Waals surface area contributed by atoms with Crippen LogP contribution in [0.5, 0.6) is 0 Å². The number of hydrogen-bond donors (Lipinski definition) is 2. The van der Waals surface area contributed by atoms with Crippen molar-refractivity contribution in [1.29, 1.82) is 0 Å². The highest BCUT2D eigenvalue weighted by Gasteiger charge is 2.12. The molecule has 0 fully saturated rings. The molecule has 2 rings (SSSR count). The smallest absolute Gasteiger partial charge is 0.358 e. The van der Waals surface area contributed by atoms with Crippen LogP contribution in [0.25, 0.3) is 0 Å². The number of nitrogens with zero attached hydrogens (tertiary/aromatic N) is 1. The van der Waals surface area contributed by atoms with Crippen molar-refractivity contribution in [1.82, 2.24) is 10.2 Å². The quantitative estimate of drug-likeness (QED) is 0.670. The Bertz CT molecular complexity index is 640. The molecule has 0 spiro atoms. The average molecular weight is 317 g/mol. The van der Waals surface area contributed by atoms with Gasteiger partial charge in [0.2, 0.25) is 0 Å². The Labute approximate surface area is 136 Å². The van der Waals surface area contributed by atoms with E-state index < -0.39 is 5.97 Å². The first-order chi connectivity index (χ1) is 10.8. The first-order valence-corrected chi connectivity index (χ1v) is 7.31. The van der Waals surface area contributed by atoms with Gasteiger partial charge in [0.1, 0.15) is 12.1 Å². The molecule has 124 valence electrons. The van der Waals surface area contributed by atoms with Gasteiger partial charge in [-0.05, 0) is 17.9 Å². The highest BCUT2D eigenvalue weighted by Crippen LogP contribution is 2.21. The van der Waals surface area contributed by atoms with Crippen molar-refractivity contribution in [3.05, 3.63) is 47.2 Å². The third-order valence-electron chi connectivity index (χ3n) is 3.00. The number of aromatic nitrogens is 2. The van der Waals surface area contributed by atoms with Gasteiger partial charge in [0.15, 0.2) is 5.69 Å². The molecular weight excluding hydrogens is 294 g/mol. The lowest BCUT2D eigenvalue weighted by atomic mass is 9.87. The fraction of sp³-hybridized carbons (Fsp3) is 0.353. The normalized spacial score (nSPS) is 10.4. The minimum absolute atomic E-state index is 0.168. The molecule has 0 radical (unpaired) electrons. The summed E-state index contributed by atoms with van der Waals surface area (Å²) in [4.78, 5) is 21.3. The summed E-state index contributed by atoms with van der Waals surface area (Å²) >= 11 is 0. The van der Waals surface area contributed by atoms with Crippen LogP contribution in [0.15, 0.2) is 30.3 Å². The predicted octanol–water partition coefficient (Wildman–Crippen LogP) is 2.97. The maximum absolute atomic E-state index is 10.9. The molecule has 0 unspecified atom stereocenters. The number of hydrogen-bond acceptors (Lipinski definition) is 5. The monoisotopic (exact) mass is 317 g/mol. The number of rotatable bonds is 3. The van der Waals surface area contributed by atoms with Gasteiger partial charge in [-0.3, -0.25) is 9.89 Å². The Kier molecular flexibility index (Phi) is 6.50. The summed E-state index contributed by atoms with van der Waals surface area (Å²) in [5.41, 5.74) is 7.66. The van der Waals surface area contributed by atoms with Crippen LogP contribution >= 0.6 is 0 Å². The summed E-state index contributed by atoms with van der Waals surface area (Å²) in [6, 6.07) is 9.15. The number of carbonyl (C=O) groups is 2. The standard InChI is InChI=1S/C11H14O.C6H9N3O2/c1-11(2,3)10-6-4-9(8-12)5-7-10;1-2-11-6(10)4-3-5(7)9-8-4/h4-8H,1-3H3;3H,2H2,1H3,(H3,7,8,9). The summed E-state index contributed by atoms with van der Waals surface area (Å²) in [6.07, 6.45) is 0.867. The lowest BCUT2D eigenvalue weighted by Crippen LogP contribution is -2.10. The van der Waals surface area contributed by atoms with E-state index in [1.807, 2.05) is 24.3 Å². The molecule has 1 aromatic heterocycles. The van der Waals surface area contributed by atoms with Crippen molar-refractivity contribution >= 4 is 18.1 Å². The first kappa shape index (κ1) is 18.4.